The lowest BCUT2D eigenvalue weighted by atomic mass is 9.97. The fourth-order valence-corrected chi connectivity index (χ4v) is 5.49. The highest BCUT2D eigenvalue weighted by Crippen LogP contribution is 2.40. The van der Waals surface area contributed by atoms with Crippen molar-refractivity contribution in [2.24, 2.45) is 0 Å². The van der Waals surface area contributed by atoms with E-state index in [1.807, 2.05) is 75.4 Å². The number of amides is 3. The van der Waals surface area contributed by atoms with Crippen molar-refractivity contribution in [3.63, 3.8) is 0 Å². The van der Waals surface area contributed by atoms with E-state index in [4.69, 9.17) is 4.74 Å². The maximum Gasteiger partial charge on any atom is 0.407 e. The molecule has 8 nitrogen and oxygen atoms in total. The lowest BCUT2D eigenvalue weighted by Gasteiger charge is -2.33. The van der Waals surface area contributed by atoms with Crippen LogP contribution in [0.5, 0.6) is 0 Å². The highest BCUT2D eigenvalue weighted by Gasteiger charge is 2.49. The van der Waals surface area contributed by atoms with Crippen LogP contribution in [-0.4, -0.2) is 62.8 Å². The maximum atomic E-state index is 13.6. The van der Waals surface area contributed by atoms with Crippen molar-refractivity contribution in [3.05, 3.63) is 71.3 Å². The zero-order valence-electron chi connectivity index (χ0n) is 22.1. The van der Waals surface area contributed by atoms with Crippen molar-refractivity contribution in [1.82, 2.24) is 15.5 Å². The number of thioether (sulfide) groups is 1. The van der Waals surface area contributed by atoms with Gasteiger partial charge in [-0.25, -0.2) is 4.79 Å². The molecule has 37 heavy (non-hydrogen) atoms. The fourth-order valence-electron chi connectivity index (χ4n) is 4.35. The van der Waals surface area contributed by atoms with Crippen molar-refractivity contribution < 1.29 is 24.2 Å². The summed E-state index contributed by atoms with van der Waals surface area (Å²) in [6.07, 6.45) is -2.43. The zero-order chi connectivity index (χ0) is 27.2. The summed E-state index contributed by atoms with van der Waals surface area (Å²) in [5.74, 6) is -0.648. The first-order valence-corrected chi connectivity index (χ1v) is 13.4. The third kappa shape index (κ3) is 7.49. The molecule has 200 valence electrons. The highest BCUT2D eigenvalue weighted by molar-refractivity contribution is 8.00. The number of carbonyl (C=O) groups is 3. The minimum atomic E-state index is -1.57. The minimum Gasteiger partial charge on any atom is -0.447 e. The van der Waals surface area contributed by atoms with Gasteiger partial charge < -0.3 is 25.4 Å². The Kier molecular flexibility index (Phi) is 9.62. The van der Waals surface area contributed by atoms with Crippen LogP contribution in [0.1, 0.15) is 44.4 Å². The molecule has 1 fully saturated rings. The Morgan fingerprint density at radius 3 is 2.41 bits per heavy atom. The average Bonchev–Trinajstić information content (AvgIpc) is 3.17. The Morgan fingerprint density at radius 1 is 1.11 bits per heavy atom. The molecule has 2 aromatic carbocycles. The van der Waals surface area contributed by atoms with Crippen LogP contribution in [0.4, 0.5) is 4.79 Å². The molecule has 3 rings (SSSR count). The predicted octanol–water partition coefficient (Wildman–Crippen LogP) is 3.40. The van der Waals surface area contributed by atoms with Gasteiger partial charge in [0.25, 0.3) is 5.91 Å². The molecule has 0 aromatic heterocycles. The summed E-state index contributed by atoms with van der Waals surface area (Å²) in [5, 5.41) is 16.8. The van der Waals surface area contributed by atoms with Crippen LogP contribution < -0.4 is 10.6 Å². The second kappa shape index (κ2) is 12.5. The molecule has 0 saturated carbocycles. The molecule has 3 amide bonds. The Morgan fingerprint density at radius 2 is 1.76 bits per heavy atom. The first-order chi connectivity index (χ1) is 17.5. The third-order valence-electron chi connectivity index (χ3n) is 6.37. The molecule has 9 heteroatoms. The van der Waals surface area contributed by atoms with Gasteiger partial charge >= 0.3 is 6.09 Å². The number of hydrogen-bond acceptors (Lipinski definition) is 6. The molecular weight excluding hydrogens is 490 g/mol. The number of nitrogens with one attached hydrogen (secondary N) is 2. The Labute approximate surface area is 223 Å². The molecule has 1 aliphatic rings. The number of aliphatic hydroxyl groups is 1. The number of carbonyl (C=O) groups excluding carboxylic acids is 3. The molecular formula is C28H37N3O5S. The van der Waals surface area contributed by atoms with E-state index < -0.39 is 34.9 Å². The third-order valence-corrected chi connectivity index (χ3v) is 7.74. The van der Waals surface area contributed by atoms with Crippen molar-refractivity contribution in [2.75, 3.05) is 5.88 Å². The van der Waals surface area contributed by atoms with Crippen LogP contribution in [0.15, 0.2) is 54.6 Å². The molecule has 3 N–H and O–H groups in total. The first-order valence-electron chi connectivity index (χ1n) is 12.5. The smallest absolute Gasteiger partial charge is 0.407 e. The highest BCUT2D eigenvalue weighted by atomic mass is 32.2. The number of rotatable bonds is 9. The topological polar surface area (TPSA) is 108 Å². The lowest BCUT2D eigenvalue weighted by Crippen LogP contribution is -2.58. The van der Waals surface area contributed by atoms with Gasteiger partial charge in [0.05, 0.1) is 18.0 Å². The van der Waals surface area contributed by atoms with Crippen molar-refractivity contribution >= 4 is 29.7 Å². The number of hydrogen-bond donors (Lipinski definition) is 3. The number of ether oxygens (including phenoxy) is 1. The number of alkyl carbamates (subject to hydrolysis) is 1. The minimum absolute atomic E-state index is 0.218. The Bertz CT molecular complexity index is 1090. The number of nitrogens with zero attached hydrogens (tertiary/aromatic N) is 1. The largest absolute Gasteiger partial charge is 0.447 e. The summed E-state index contributed by atoms with van der Waals surface area (Å²) in [6.45, 7) is 9.58. The molecule has 1 saturated heterocycles. The van der Waals surface area contributed by atoms with Crippen LogP contribution in [-0.2, 0) is 27.3 Å². The van der Waals surface area contributed by atoms with Gasteiger partial charge in [-0.2, -0.15) is 0 Å². The molecule has 0 bridgehead atoms. The van der Waals surface area contributed by atoms with E-state index >= 15 is 0 Å². The molecule has 1 aliphatic heterocycles. The molecule has 0 aliphatic carbocycles. The summed E-state index contributed by atoms with van der Waals surface area (Å²) >= 11 is 1.47. The standard InChI is InChI=1S/C28H37N3O5S/c1-18(2)36-27(35)30-22(15-20-12-7-6-8-13-20)23(32)26(34)31-17-37-28(4,5)24(31)25(33)29-16-21-14-10-9-11-19(21)3/h6-14,18,22-24,32H,15-17H2,1-5H3,(H,29,33)(H,30,35). The Hall–Kier alpha value is -3.04. The number of aliphatic hydroxyl groups excluding tert-OH is 1. The van der Waals surface area contributed by atoms with Gasteiger partial charge in [-0.15, -0.1) is 11.8 Å². The SMILES string of the molecule is Cc1ccccc1CNC(=O)C1N(C(=O)C(O)C(Cc2ccccc2)NC(=O)OC(C)C)CSC1(C)C. The summed E-state index contributed by atoms with van der Waals surface area (Å²) in [7, 11) is 0. The van der Waals surface area contributed by atoms with Crippen LogP contribution in [0.25, 0.3) is 0 Å². The summed E-state index contributed by atoms with van der Waals surface area (Å²) in [5.41, 5.74) is 2.90. The average molecular weight is 528 g/mol. The van der Waals surface area contributed by atoms with E-state index in [0.717, 1.165) is 16.7 Å². The van der Waals surface area contributed by atoms with Gasteiger partial charge in [0.15, 0.2) is 6.10 Å². The van der Waals surface area contributed by atoms with Gasteiger partial charge in [0, 0.05) is 11.3 Å². The number of aryl methyl sites for hydroxylation is 1. The van der Waals surface area contributed by atoms with E-state index in [-0.39, 0.29) is 24.3 Å². The fraction of sp³-hybridized carbons (Fsp3) is 0.464. The van der Waals surface area contributed by atoms with Crippen molar-refractivity contribution in [3.8, 4) is 0 Å². The normalized spacial score (nSPS) is 18.2. The second-order valence-corrected chi connectivity index (χ2v) is 11.7. The molecule has 0 spiro atoms. The number of benzene rings is 2. The van der Waals surface area contributed by atoms with E-state index in [1.165, 1.54) is 16.7 Å². The predicted molar refractivity (Wildman–Crippen MR) is 145 cm³/mol. The molecule has 2 aromatic rings. The maximum absolute atomic E-state index is 13.6. The summed E-state index contributed by atoms with van der Waals surface area (Å²) in [6, 6.07) is 15.3. The van der Waals surface area contributed by atoms with Crippen LogP contribution in [0, 0.1) is 6.92 Å². The van der Waals surface area contributed by atoms with Crippen LogP contribution in [0.3, 0.4) is 0 Å². The van der Waals surface area contributed by atoms with Gasteiger partial charge in [0.1, 0.15) is 6.04 Å². The molecule has 1 heterocycles. The lowest BCUT2D eigenvalue weighted by molar-refractivity contribution is -0.147. The monoisotopic (exact) mass is 527 g/mol. The van der Waals surface area contributed by atoms with E-state index in [9.17, 15) is 19.5 Å². The quantitative estimate of drug-likeness (QED) is 0.461. The Balaban J connectivity index is 1.78. The van der Waals surface area contributed by atoms with Crippen LogP contribution in [0.2, 0.25) is 0 Å². The molecule has 0 radical (unpaired) electrons. The van der Waals surface area contributed by atoms with Gasteiger partial charge in [-0.1, -0.05) is 54.6 Å². The van der Waals surface area contributed by atoms with Gasteiger partial charge in [-0.3, -0.25) is 9.59 Å². The summed E-state index contributed by atoms with van der Waals surface area (Å²) in [4.78, 5) is 40.8. The zero-order valence-corrected chi connectivity index (χ0v) is 22.9. The van der Waals surface area contributed by atoms with Gasteiger partial charge in [-0.05, 0) is 57.7 Å². The molecule has 3 unspecified atom stereocenters. The van der Waals surface area contributed by atoms with E-state index in [2.05, 4.69) is 10.6 Å². The first kappa shape index (κ1) is 28.5. The summed E-state index contributed by atoms with van der Waals surface area (Å²) < 4.78 is 4.63. The van der Waals surface area contributed by atoms with Crippen LogP contribution >= 0.6 is 11.8 Å². The van der Waals surface area contributed by atoms with E-state index in [1.54, 1.807) is 13.8 Å². The van der Waals surface area contributed by atoms with Crippen molar-refractivity contribution in [2.45, 2.75) is 76.6 Å². The van der Waals surface area contributed by atoms with E-state index in [0.29, 0.717) is 6.54 Å². The molecule has 3 atom stereocenters. The second-order valence-electron chi connectivity index (χ2n) is 10.1. The van der Waals surface area contributed by atoms with Gasteiger partial charge in [0.2, 0.25) is 5.91 Å². The van der Waals surface area contributed by atoms with Crippen molar-refractivity contribution in [1.29, 1.82) is 0 Å².